The summed E-state index contributed by atoms with van der Waals surface area (Å²) in [6.07, 6.45) is -0.824. The van der Waals surface area contributed by atoms with Crippen LogP contribution >= 0.6 is 0 Å². The first-order valence-electron chi connectivity index (χ1n) is 4.53. The van der Waals surface area contributed by atoms with Crippen LogP contribution in [0.15, 0.2) is 0 Å². The summed E-state index contributed by atoms with van der Waals surface area (Å²) < 4.78 is 9.64. The van der Waals surface area contributed by atoms with Crippen LogP contribution in [0, 0.1) is 0 Å². The van der Waals surface area contributed by atoms with Crippen molar-refractivity contribution in [2.24, 2.45) is 7.05 Å². The smallest absolute Gasteiger partial charge is 0.303 e. The molecular weight excluding hydrogens is 216 g/mol. The molecule has 0 N–H and O–H groups in total. The Balaban J connectivity index is 2.70. The molecule has 8 heteroatoms. The highest BCUT2D eigenvalue weighted by Crippen LogP contribution is 2.12. The normalized spacial score (nSPS) is 11.9. The van der Waals surface area contributed by atoms with Crippen LogP contribution in [-0.2, 0) is 26.1 Å². The SMILES string of the molecule is CC(=O)OC[C@@H](OC(C)=O)c1nnn(C)n1. The molecule has 0 fully saturated rings. The number of aryl methyl sites for hydroxylation is 1. The summed E-state index contributed by atoms with van der Waals surface area (Å²) in [4.78, 5) is 22.7. The number of tetrazole rings is 1. The number of aromatic nitrogens is 4. The molecule has 0 aliphatic rings. The van der Waals surface area contributed by atoms with Gasteiger partial charge in [0.15, 0.2) is 6.10 Å². The largest absolute Gasteiger partial charge is 0.461 e. The van der Waals surface area contributed by atoms with E-state index < -0.39 is 18.0 Å². The molecule has 0 bridgehead atoms. The summed E-state index contributed by atoms with van der Waals surface area (Å²) in [5, 5.41) is 11.1. The van der Waals surface area contributed by atoms with Crippen LogP contribution in [-0.4, -0.2) is 38.8 Å². The van der Waals surface area contributed by atoms with Gasteiger partial charge in [0.1, 0.15) is 6.61 Å². The minimum Gasteiger partial charge on any atom is -0.461 e. The van der Waals surface area contributed by atoms with E-state index >= 15 is 0 Å². The van der Waals surface area contributed by atoms with E-state index in [1.165, 1.54) is 18.6 Å². The van der Waals surface area contributed by atoms with Gasteiger partial charge in [-0.2, -0.15) is 4.80 Å². The second-order valence-corrected chi connectivity index (χ2v) is 3.04. The maximum absolute atomic E-state index is 10.8. The number of nitrogens with zero attached hydrogens (tertiary/aromatic N) is 4. The molecule has 16 heavy (non-hydrogen) atoms. The van der Waals surface area contributed by atoms with Gasteiger partial charge in [-0.1, -0.05) is 0 Å². The first-order valence-corrected chi connectivity index (χ1v) is 4.53. The van der Waals surface area contributed by atoms with Crippen molar-refractivity contribution in [1.82, 2.24) is 20.2 Å². The summed E-state index contributed by atoms with van der Waals surface area (Å²) in [6.45, 7) is 2.38. The van der Waals surface area contributed by atoms with Crippen LogP contribution in [0.2, 0.25) is 0 Å². The lowest BCUT2D eigenvalue weighted by molar-refractivity contribution is -0.157. The molecule has 0 spiro atoms. The van der Waals surface area contributed by atoms with E-state index in [0.717, 1.165) is 0 Å². The highest BCUT2D eigenvalue weighted by atomic mass is 16.6. The van der Waals surface area contributed by atoms with Crippen LogP contribution < -0.4 is 0 Å². The van der Waals surface area contributed by atoms with Crippen molar-refractivity contribution in [2.45, 2.75) is 20.0 Å². The van der Waals surface area contributed by atoms with E-state index in [9.17, 15) is 9.59 Å². The summed E-state index contributed by atoms with van der Waals surface area (Å²) in [5.41, 5.74) is 0. The third-order valence-corrected chi connectivity index (χ3v) is 1.56. The van der Waals surface area contributed by atoms with Crippen molar-refractivity contribution < 1.29 is 19.1 Å². The maximum Gasteiger partial charge on any atom is 0.303 e. The van der Waals surface area contributed by atoms with E-state index in [2.05, 4.69) is 15.4 Å². The van der Waals surface area contributed by atoms with E-state index in [1.807, 2.05) is 0 Å². The number of hydrogen-bond donors (Lipinski definition) is 0. The van der Waals surface area contributed by atoms with Gasteiger partial charge in [0, 0.05) is 13.8 Å². The molecule has 1 rings (SSSR count). The molecule has 0 radical (unpaired) electrons. The lowest BCUT2D eigenvalue weighted by atomic mass is 10.3. The van der Waals surface area contributed by atoms with Crippen LogP contribution in [0.25, 0.3) is 0 Å². The van der Waals surface area contributed by atoms with E-state index in [1.54, 1.807) is 7.05 Å². The minimum atomic E-state index is -0.824. The van der Waals surface area contributed by atoms with Gasteiger partial charge in [-0.3, -0.25) is 9.59 Å². The number of rotatable bonds is 4. The molecule has 0 saturated heterocycles. The third-order valence-electron chi connectivity index (χ3n) is 1.56. The Morgan fingerprint density at radius 2 is 2.06 bits per heavy atom. The van der Waals surface area contributed by atoms with Crippen LogP contribution in [0.1, 0.15) is 25.8 Å². The zero-order valence-corrected chi connectivity index (χ0v) is 9.21. The second kappa shape index (κ2) is 5.19. The molecule has 0 saturated carbocycles. The number of carbonyl (C=O) groups is 2. The summed E-state index contributed by atoms with van der Waals surface area (Å²) in [7, 11) is 1.58. The molecule has 0 aliphatic carbocycles. The quantitative estimate of drug-likeness (QED) is 0.633. The predicted octanol–water partition coefficient (Wildman–Crippen LogP) is -0.623. The number of esters is 2. The first kappa shape index (κ1) is 12.1. The highest BCUT2D eigenvalue weighted by molar-refractivity contribution is 5.67. The second-order valence-electron chi connectivity index (χ2n) is 3.04. The van der Waals surface area contributed by atoms with Crippen molar-refractivity contribution in [3.05, 3.63) is 5.82 Å². The molecule has 1 aromatic heterocycles. The van der Waals surface area contributed by atoms with Gasteiger partial charge >= 0.3 is 11.9 Å². The van der Waals surface area contributed by atoms with Gasteiger partial charge in [0.05, 0.1) is 7.05 Å². The Hall–Kier alpha value is -1.99. The molecule has 8 nitrogen and oxygen atoms in total. The number of ether oxygens (including phenoxy) is 2. The molecule has 1 aromatic rings. The maximum atomic E-state index is 10.8. The van der Waals surface area contributed by atoms with Crippen LogP contribution in [0.5, 0.6) is 0 Å². The van der Waals surface area contributed by atoms with Gasteiger partial charge in [0.2, 0.25) is 5.82 Å². The van der Waals surface area contributed by atoms with Crippen LogP contribution in [0.4, 0.5) is 0 Å². The van der Waals surface area contributed by atoms with Gasteiger partial charge in [-0.15, -0.1) is 10.2 Å². The van der Waals surface area contributed by atoms with Gasteiger partial charge in [0.25, 0.3) is 0 Å². The van der Waals surface area contributed by atoms with Crippen molar-refractivity contribution in [2.75, 3.05) is 6.61 Å². The number of carbonyl (C=O) groups excluding carboxylic acids is 2. The van der Waals surface area contributed by atoms with Gasteiger partial charge < -0.3 is 9.47 Å². The Bertz CT molecular complexity index is 389. The summed E-state index contributed by atoms with van der Waals surface area (Å²) >= 11 is 0. The molecule has 88 valence electrons. The first-order chi connectivity index (χ1) is 7.49. The minimum absolute atomic E-state index is 0.124. The van der Waals surface area contributed by atoms with E-state index in [0.29, 0.717) is 0 Å². The standard InChI is InChI=1S/C8H12N4O4/c1-5(13)15-4-7(16-6(2)14)8-9-11-12(3)10-8/h7H,4H2,1-3H3/t7-/m1/s1. The Morgan fingerprint density at radius 3 is 2.50 bits per heavy atom. The highest BCUT2D eigenvalue weighted by Gasteiger charge is 2.21. The van der Waals surface area contributed by atoms with Crippen LogP contribution in [0.3, 0.4) is 0 Å². The summed E-state index contributed by atoms with van der Waals surface area (Å²) in [5.74, 6) is -0.787. The Kier molecular flexibility index (Phi) is 3.92. The third kappa shape index (κ3) is 3.64. The van der Waals surface area contributed by atoms with Crippen molar-refractivity contribution in [1.29, 1.82) is 0 Å². The lowest BCUT2D eigenvalue weighted by Crippen LogP contribution is -2.18. The van der Waals surface area contributed by atoms with E-state index in [-0.39, 0.29) is 12.4 Å². The van der Waals surface area contributed by atoms with Crippen molar-refractivity contribution >= 4 is 11.9 Å². The fourth-order valence-electron chi connectivity index (χ4n) is 0.982. The van der Waals surface area contributed by atoms with Crippen molar-refractivity contribution in [3.8, 4) is 0 Å². The van der Waals surface area contributed by atoms with Gasteiger partial charge in [-0.25, -0.2) is 0 Å². The molecule has 0 aromatic carbocycles. The van der Waals surface area contributed by atoms with E-state index in [4.69, 9.17) is 9.47 Å². The molecule has 1 atom stereocenters. The van der Waals surface area contributed by atoms with Crippen molar-refractivity contribution in [3.63, 3.8) is 0 Å². The molecule has 1 heterocycles. The zero-order valence-electron chi connectivity index (χ0n) is 9.21. The molecular formula is C8H12N4O4. The zero-order chi connectivity index (χ0) is 12.1. The Morgan fingerprint density at radius 1 is 1.38 bits per heavy atom. The topological polar surface area (TPSA) is 96.2 Å². The van der Waals surface area contributed by atoms with Gasteiger partial charge in [-0.05, 0) is 5.21 Å². The average molecular weight is 228 g/mol. The fourth-order valence-corrected chi connectivity index (χ4v) is 0.982. The molecule has 0 aliphatic heterocycles. The molecule has 0 amide bonds. The monoisotopic (exact) mass is 228 g/mol. The summed E-state index contributed by atoms with van der Waals surface area (Å²) in [6, 6.07) is 0. The predicted molar refractivity (Wildman–Crippen MR) is 49.9 cm³/mol. The lowest BCUT2D eigenvalue weighted by Gasteiger charge is -2.12. The fraction of sp³-hybridized carbons (Fsp3) is 0.625. The molecule has 0 unspecified atom stereocenters. The number of hydrogen-bond acceptors (Lipinski definition) is 7. The average Bonchev–Trinajstić information content (AvgIpc) is 2.58. The Labute approximate surface area is 91.5 Å².